The van der Waals surface area contributed by atoms with Gasteiger partial charge in [-0.15, -0.1) is 0 Å². The number of hydrogen-bond acceptors (Lipinski definition) is 7. The molecule has 4 rings (SSSR count). The zero-order chi connectivity index (χ0) is 26.5. The van der Waals surface area contributed by atoms with E-state index >= 15 is 0 Å². The summed E-state index contributed by atoms with van der Waals surface area (Å²) in [5.74, 6) is 0.0187. The Bertz CT molecular complexity index is 1530. The minimum Gasteiger partial charge on any atom is -0.493 e. The van der Waals surface area contributed by atoms with Crippen molar-refractivity contribution in [2.45, 2.75) is 26.3 Å². The van der Waals surface area contributed by atoms with Gasteiger partial charge in [0.15, 0.2) is 4.80 Å². The average Bonchev–Trinajstić information content (AvgIpc) is 3.18. The van der Waals surface area contributed by atoms with Crippen molar-refractivity contribution in [1.29, 1.82) is 0 Å². The molecule has 1 atom stereocenters. The van der Waals surface area contributed by atoms with E-state index in [1.807, 2.05) is 31.2 Å². The molecule has 2 heterocycles. The summed E-state index contributed by atoms with van der Waals surface area (Å²) in [6, 6.07) is 11.7. The van der Waals surface area contributed by atoms with E-state index in [1.165, 1.54) is 23.0 Å². The van der Waals surface area contributed by atoms with Crippen LogP contribution in [-0.4, -0.2) is 37.5 Å². The molecule has 0 saturated carbocycles. The van der Waals surface area contributed by atoms with E-state index in [0.717, 1.165) is 6.42 Å². The molecule has 0 amide bonds. The lowest BCUT2D eigenvalue weighted by Crippen LogP contribution is -2.40. The summed E-state index contributed by atoms with van der Waals surface area (Å²) in [7, 11) is 1.53. The average molecular weight is 561 g/mol. The second kappa shape index (κ2) is 12.1. The minimum atomic E-state index is -0.790. The van der Waals surface area contributed by atoms with E-state index in [-0.39, 0.29) is 24.3 Å². The van der Waals surface area contributed by atoms with E-state index in [9.17, 15) is 9.59 Å². The van der Waals surface area contributed by atoms with Crippen molar-refractivity contribution in [3.8, 4) is 5.75 Å². The maximum atomic E-state index is 13.8. The van der Waals surface area contributed by atoms with E-state index in [2.05, 4.69) is 4.99 Å². The quantitative estimate of drug-likeness (QED) is 0.284. The molecular formula is C27H26Cl2N2O5S. The van der Waals surface area contributed by atoms with Crippen molar-refractivity contribution in [1.82, 2.24) is 4.57 Å². The number of halogens is 2. The molecule has 1 aliphatic rings. The molecule has 10 heteroatoms. The number of methoxy groups -OCH3 is 1. The van der Waals surface area contributed by atoms with E-state index < -0.39 is 12.0 Å². The predicted octanol–water partition coefficient (Wildman–Crippen LogP) is 4.52. The van der Waals surface area contributed by atoms with Gasteiger partial charge in [0.25, 0.3) is 5.56 Å². The number of thiazole rings is 1. The Labute approximate surface area is 228 Å². The first-order chi connectivity index (χ1) is 17.8. The Kier molecular flexibility index (Phi) is 8.87. The van der Waals surface area contributed by atoms with Gasteiger partial charge in [-0.3, -0.25) is 9.36 Å². The van der Waals surface area contributed by atoms with Gasteiger partial charge in [-0.05, 0) is 43.2 Å². The summed E-state index contributed by atoms with van der Waals surface area (Å²) >= 11 is 13.6. The molecule has 0 N–H and O–H groups in total. The lowest BCUT2D eigenvalue weighted by atomic mass is 9.95. The molecule has 1 aliphatic heterocycles. The number of allylic oxidation sites excluding steroid dienone is 1. The van der Waals surface area contributed by atoms with Gasteiger partial charge in [-0.2, -0.15) is 0 Å². The third kappa shape index (κ3) is 5.83. The Morgan fingerprint density at radius 1 is 1.16 bits per heavy atom. The number of aromatic nitrogens is 1. The summed E-state index contributed by atoms with van der Waals surface area (Å²) in [5.41, 5.74) is 1.75. The zero-order valence-corrected chi connectivity index (χ0v) is 23.0. The third-order valence-corrected chi connectivity index (χ3v) is 7.23. The summed E-state index contributed by atoms with van der Waals surface area (Å²) in [6.45, 7) is 4.57. The van der Waals surface area contributed by atoms with E-state index in [1.54, 1.807) is 31.2 Å². The second-order valence-electron chi connectivity index (χ2n) is 8.26. The molecule has 0 bridgehead atoms. The van der Waals surface area contributed by atoms with Crippen LogP contribution < -0.4 is 19.6 Å². The van der Waals surface area contributed by atoms with Crippen LogP contribution in [0.4, 0.5) is 0 Å². The Morgan fingerprint density at radius 2 is 1.95 bits per heavy atom. The van der Waals surface area contributed by atoms with Crippen LogP contribution in [0, 0.1) is 0 Å². The molecular weight excluding hydrogens is 535 g/mol. The summed E-state index contributed by atoms with van der Waals surface area (Å²) in [6.07, 6.45) is 2.51. The first-order valence-corrected chi connectivity index (χ1v) is 13.3. The summed E-state index contributed by atoms with van der Waals surface area (Å²) in [5, 5.41) is 0.923. The van der Waals surface area contributed by atoms with Gasteiger partial charge in [0.1, 0.15) is 18.4 Å². The third-order valence-electron chi connectivity index (χ3n) is 5.69. The van der Waals surface area contributed by atoms with E-state index in [4.69, 9.17) is 37.4 Å². The van der Waals surface area contributed by atoms with Crippen LogP contribution in [0.3, 0.4) is 0 Å². The molecule has 7 nitrogen and oxygen atoms in total. The van der Waals surface area contributed by atoms with Gasteiger partial charge >= 0.3 is 5.97 Å². The van der Waals surface area contributed by atoms with Crippen molar-refractivity contribution < 1.29 is 19.0 Å². The number of nitrogens with zero attached hydrogens (tertiary/aromatic N) is 2. The molecule has 0 aliphatic carbocycles. The number of fused-ring (bicyclic) bond motifs is 1. The largest absolute Gasteiger partial charge is 0.493 e. The van der Waals surface area contributed by atoms with Crippen molar-refractivity contribution >= 4 is 46.6 Å². The van der Waals surface area contributed by atoms with Crippen molar-refractivity contribution in [2.75, 3.05) is 26.9 Å². The predicted molar refractivity (Wildman–Crippen MR) is 145 cm³/mol. The van der Waals surface area contributed by atoms with Crippen LogP contribution in [0.5, 0.6) is 5.75 Å². The van der Waals surface area contributed by atoms with Crippen molar-refractivity contribution in [3.63, 3.8) is 0 Å². The van der Waals surface area contributed by atoms with Crippen LogP contribution in [0.25, 0.3) is 6.08 Å². The monoisotopic (exact) mass is 560 g/mol. The number of ether oxygens (including phenoxy) is 3. The Hall–Kier alpha value is -2.91. The van der Waals surface area contributed by atoms with Gasteiger partial charge in [0.05, 0.1) is 29.0 Å². The fraction of sp³-hybridized carbons (Fsp3) is 0.296. The lowest BCUT2D eigenvalue weighted by molar-refractivity contribution is -0.140. The SMILES string of the molecule is CCCOc1ccccc1[C@@H]1C(C(=O)OCCOC)=C(C)N=c2s/c(=C/c3ccc(Cl)cc3Cl)c(=O)n21. The van der Waals surface area contributed by atoms with Crippen molar-refractivity contribution in [3.05, 3.63) is 94.6 Å². The highest BCUT2D eigenvalue weighted by Crippen LogP contribution is 2.36. The maximum Gasteiger partial charge on any atom is 0.338 e. The first-order valence-electron chi connectivity index (χ1n) is 11.7. The van der Waals surface area contributed by atoms with Gasteiger partial charge in [-0.1, -0.05) is 65.7 Å². The van der Waals surface area contributed by atoms with Crippen LogP contribution >= 0.6 is 34.5 Å². The summed E-state index contributed by atoms with van der Waals surface area (Å²) < 4.78 is 18.4. The highest BCUT2D eigenvalue weighted by atomic mass is 35.5. The zero-order valence-electron chi connectivity index (χ0n) is 20.6. The smallest absolute Gasteiger partial charge is 0.338 e. The van der Waals surface area contributed by atoms with Crippen molar-refractivity contribution in [2.24, 2.45) is 4.99 Å². The van der Waals surface area contributed by atoms with Crippen LogP contribution in [-0.2, 0) is 14.3 Å². The number of para-hydroxylation sites is 1. The number of benzene rings is 2. The molecule has 1 aromatic heterocycles. The number of esters is 1. The number of rotatable bonds is 9. The highest BCUT2D eigenvalue weighted by Gasteiger charge is 2.35. The molecule has 0 fully saturated rings. The fourth-order valence-electron chi connectivity index (χ4n) is 3.98. The number of hydrogen-bond donors (Lipinski definition) is 0. The highest BCUT2D eigenvalue weighted by molar-refractivity contribution is 7.07. The van der Waals surface area contributed by atoms with Gasteiger partial charge in [0.2, 0.25) is 0 Å². The fourth-order valence-corrected chi connectivity index (χ4v) is 5.48. The molecule has 0 radical (unpaired) electrons. The molecule has 0 spiro atoms. The van der Waals surface area contributed by atoms with Crippen LogP contribution in [0.15, 0.2) is 63.5 Å². The Balaban J connectivity index is 1.92. The number of carbonyl (C=O) groups is 1. The molecule has 0 saturated heterocycles. The van der Waals surface area contributed by atoms with Crippen LogP contribution in [0.1, 0.15) is 37.4 Å². The molecule has 2 aromatic carbocycles. The molecule has 37 heavy (non-hydrogen) atoms. The van der Waals surface area contributed by atoms with Crippen LogP contribution in [0.2, 0.25) is 10.0 Å². The second-order valence-corrected chi connectivity index (χ2v) is 10.1. The lowest BCUT2D eigenvalue weighted by Gasteiger charge is -2.26. The Morgan fingerprint density at radius 3 is 2.68 bits per heavy atom. The van der Waals surface area contributed by atoms with Gasteiger partial charge in [0, 0.05) is 22.7 Å². The van der Waals surface area contributed by atoms with Gasteiger partial charge < -0.3 is 14.2 Å². The molecule has 3 aromatic rings. The van der Waals surface area contributed by atoms with Gasteiger partial charge in [-0.25, -0.2) is 9.79 Å². The normalized spacial score (nSPS) is 15.4. The maximum absolute atomic E-state index is 13.8. The molecule has 194 valence electrons. The van der Waals surface area contributed by atoms with E-state index in [0.29, 0.717) is 48.6 Å². The topological polar surface area (TPSA) is 79.1 Å². The first kappa shape index (κ1) is 27.1. The number of carbonyl (C=O) groups excluding carboxylic acids is 1. The minimum absolute atomic E-state index is 0.0757. The summed E-state index contributed by atoms with van der Waals surface area (Å²) in [4.78, 5) is 32.2. The standard InChI is InChI=1S/C27H26Cl2N2O5S/c1-4-11-35-21-8-6-5-7-19(21)24-23(26(33)36-13-12-34-3)16(2)30-27-31(24)25(32)22(37-27)14-17-9-10-18(28)15-20(17)29/h5-10,14-15,24H,4,11-13H2,1-3H3/b22-14+/t24-/m1/s1. The molecule has 0 unspecified atom stereocenters.